The van der Waals surface area contributed by atoms with Crippen molar-refractivity contribution in [2.24, 2.45) is 5.16 Å². The molecule has 2 aliphatic heterocycles. The molecule has 4 rings (SSSR count). The molecule has 0 unspecified atom stereocenters. The zero-order valence-corrected chi connectivity index (χ0v) is 15.1. The SMILES string of the molecule is O=C(NCc1cccnc1)C1=NO[C@@]2(CCCN(C(=O)C3(F)CCC3)C2)C1. The average molecular weight is 374 g/mol. The first-order valence-electron chi connectivity index (χ1n) is 9.40. The number of hydrogen-bond donors (Lipinski definition) is 1. The number of likely N-dealkylation sites (tertiary alicyclic amines) is 1. The Morgan fingerprint density at radius 3 is 2.85 bits per heavy atom. The second kappa shape index (κ2) is 6.90. The van der Waals surface area contributed by atoms with Crippen molar-refractivity contribution in [2.75, 3.05) is 13.1 Å². The molecule has 1 spiro atoms. The molecular weight excluding hydrogens is 351 g/mol. The predicted octanol–water partition coefficient (Wildman–Crippen LogP) is 1.73. The van der Waals surface area contributed by atoms with Crippen LogP contribution in [0.5, 0.6) is 0 Å². The van der Waals surface area contributed by atoms with E-state index in [2.05, 4.69) is 15.5 Å². The number of oxime groups is 1. The molecule has 2 fully saturated rings. The zero-order chi connectivity index (χ0) is 18.9. The lowest BCUT2D eigenvalue weighted by Crippen LogP contribution is -2.57. The van der Waals surface area contributed by atoms with Gasteiger partial charge in [-0.15, -0.1) is 0 Å². The Balaban J connectivity index is 1.34. The summed E-state index contributed by atoms with van der Waals surface area (Å²) in [6.07, 6.45) is 6.44. The summed E-state index contributed by atoms with van der Waals surface area (Å²) in [5, 5.41) is 6.78. The Morgan fingerprint density at radius 2 is 2.15 bits per heavy atom. The van der Waals surface area contributed by atoms with Gasteiger partial charge in [0, 0.05) is 31.9 Å². The van der Waals surface area contributed by atoms with Crippen LogP contribution in [-0.4, -0.2) is 51.8 Å². The second-order valence-corrected chi connectivity index (χ2v) is 7.68. The summed E-state index contributed by atoms with van der Waals surface area (Å²) in [5.74, 6) is -0.731. The lowest BCUT2D eigenvalue weighted by atomic mass is 9.79. The number of nitrogens with zero attached hydrogens (tertiary/aromatic N) is 3. The number of aromatic nitrogens is 1. The first-order chi connectivity index (χ1) is 13.0. The number of nitrogens with one attached hydrogen (secondary N) is 1. The van der Waals surface area contributed by atoms with Crippen molar-refractivity contribution in [3.8, 4) is 0 Å². The van der Waals surface area contributed by atoms with Crippen molar-refractivity contribution >= 4 is 17.5 Å². The fourth-order valence-corrected chi connectivity index (χ4v) is 3.91. The van der Waals surface area contributed by atoms with E-state index in [4.69, 9.17) is 4.84 Å². The zero-order valence-electron chi connectivity index (χ0n) is 15.1. The number of pyridine rings is 1. The summed E-state index contributed by atoms with van der Waals surface area (Å²) >= 11 is 0. The maximum absolute atomic E-state index is 14.5. The molecule has 1 aliphatic carbocycles. The third-order valence-electron chi connectivity index (χ3n) is 5.63. The molecule has 27 heavy (non-hydrogen) atoms. The maximum Gasteiger partial charge on any atom is 0.269 e. The van der Waals surface area contributed by atoms with Gasteiger partial charge in [-0.2, -0.15) is 0 Å². The van der Waals surface area contributed by atoms with Gasteiger partial charge in [-0.25, -0.2) is 4.39 Å². The van der Waals surface area contributed by atoms with E-state index < -0.39 is 17.2 Å². The summed E-state index contributed by atoms with van der Waals surface area (Å²) in [6.45, 7) is 1.16. The summed E-state index contributed by atoms with van der Waals surface area (Å²) < 4.78 is 14.5. The third-order valence-corrected chi connectivity index (χ3v) is 5.63. The number of halogens is 1. The maximum atomic E-state index is 14.5. The van der Waals surface area contributed by atoms with Crippen LogP contribution in [0.4, 0.5) is 4.39 Å². The standard InChI is InChI=1S/C19H23FN4O3/c20-19(6-2-7-19)17(26)24-9-3-5-18(13-24)10-15(23-27-18)16(25)22-12-14-4-1-8-21-11-14/h1,4,8,11H,2-3,5-7,9-10,12-13H2,(H,22,25)/t18-/m0/s1. The highest BCUT2D eigenvalue weighted by Gasteiger charge is 2.51. The predicted molar refractivity (Wildman–Crippen MR) is 95.5 cm³/mol. The van der Waals surface area contributed by atoms with Gasteiger partial charge in [0.05, 0.1) is 6.54 Å². The van der Waals surface area contributed by atoms with Crippen LogP contribution in [0.25, 0.3) is 0 Å². The van der Waals surface area contributed by atoms with E-state index in [1.54, 1.807) is 23.4 Å². The van der Waals surface area contributed by atoms with Crippen LogP contribution >= 0.6 is 0 Å². The van der Waals surface area contributed by atoms with Gasteiger partial charge in [-0.05, 0) is 43.7 Å². The van der Waals surface area contributed by atoms with E-state index in [0.29, 0.717) is 50.9 Å². The van der Waals surface area contributed by atoms with Crippen LogP contribution in [0.1, 0.15) is 44.1 Å². The molecule has 3 heterocycles. The lowest BCUT2D eigenvalue weighted by Gasteiger charge is -2.43. The van der Waals surface area contributed by atoms with Crippen molar-refractivity contribution in [2.45, 2.75) is 56.3 Å². The van der Waals surface area contributed by atoms with Gasteiger partial charge < -0.3 is 15.1 Å². The van der Waals surface area contributed by atoms with Crippen LogP contribution in [0, 0.1) is 0 Å². The fourth-order valence-electron chi connectivity index (χ4n) is 3.91. The van der Waals surface area contributed by atoms with Crippen LogP contribution in [-0.2, 0) is 21.0 Å². The van der Waals surface area contributed by atoms with Gasteiger partial charge in [0.25, 0.3) is 11.8 Å². The van der Waals surface area contributed by atoms with E-state index in [9.17, 15) is 14.0 Å². The number of hydrogen-bond acceptors (Lipinski definition) is 5. The largest absolute Gasteiger partial charge is 0.386 e. The van der Waals surface area contributed by atoms with Crippen molar-refractivity contribution in [3.63, 3.8) is 0 Å². The monoisotopic (exact) mass is 374 g/mol. The Bertz CT molecular complexity index is 765. The minimum Gasteiger partial charge on any atom is -0.386 e. The number of piperidine rings is 1. The van der Waals surface area contributed by atoms with E-state index in [0.717, 1.165) is 12.0 Å². The van der Waals surface area contributed by atoms with Crippen molar-refractivity contribution in [1.29, 1.82) is 0 Å². The van der Waals surface area contributed by atoms with Crippen LogP contribution in [0.2, 0.25) is 0 Å². The number of rotatable bonds is 4. The number of amides is 2. The summed E-state index contributed by atoms with van der Waals surface area (Å²) in [4.78, 5) is 36.1. The van der Waals surface area contributed by atoms with Crippen LogP contribution < -0.4 is 5.32 Å². The van der Waals surface area contributed by atoms with Crippen LogP contribution in [0.15, 0.2) is 29.7 Å². The van der Waals surface area contributed by atoms with E-state index in [1.165, 1.54) is 0 Å². The molecule has 1 saturated carbocycles. The Hall–Kier alpha value is -2.51. The number of carbonyl (C=O) groups excluding carboxylic acids is 2. The molecule has 1 atom stereocenters. The third kappa shape index (κ3) is 3.52. The molecule has 3 aliphatic rings. The fraction of sp³-hybridized carbons (Fsp3) is 0.579. The molecule has 1 aromatic rings. The Morgan fingerprint density at radius 1 is 1.30 bits per heavy atom. The van der Waals surface area contributed by atoms with Crippen molar-refractivity contribution < 1.29 is 18.8 Å². The molecule has 0 radical (unpaired) electrons. The summed E-state index contributed by atoms with van der Waals surface area (Å²) in [5.41, 5.74) is -1.22. The highest BCUT2D eigenvalue weighted by molar-refractivity contribution is 6.39. The molecule has 1 N–H and O–H groups in total. The Labute approximate surface area is 157 Å². The normalized spacial score (nSPS) is 26.1. The molecule has 7 nitrogen and oxygen atoms in total. The van der Waals surface area contributed by atoms with Crippen molar-refractivity contribution in [3.05, 3.63) is 30.1 Å². The minimum absolute atomic E-state index is 0.278. The minimum atomic E-state index is -1.71. The highest BCUT2D eigenvalue weighted by Crippen LogP contribution is 2.40. The van der Waals surface area contributed by atoms with Gasteiger partial charge in [0.1, 0.15) is 5.71 Å². The highest BCUT2D eigenvalue weighted by atomic mass is 19.1. The van der Waals surface area contributed by atoms with Gasteiger partial charge in [-0.1, -0.05) is 11.2 Å². The first kappa shape index (κ1) is 17.9. The molecule has 144 valence electrons. The quantitative estimate of drug-likeness (QED) is 0.870. The smallest absolute Gasteiger partial charge is 0.269 e. The molecule has 8 heteroatoms. The second-order valence-electron chi connectivity index (χ2n) is 7.68. The van der Waals surface area contributed by atoms with Gasteiger partial charge in [-0.3, -0.25) is 14.6 Å². The first-order valence-corrected chi connectivity index (χ1v) is 9.40. The van der Waals surface area contributed by atoms with Gasteiger partial charge in [0.2, 0.25) is 0 Å². The summed E-state index contributed by atoms with van der Waals surface area (Å²) in [7, 11) is 0. The number of alkyl halides is 1. The summed E-state index contributed by atoms with van der Waals surface area (Å²) in [6, 6.07) is 3.68. The van der Waals surface area contributed by atoms with Crippen molar-refractivity contribution in [1.82, 2.24) is 15.2 Å². The molecule has 1 aromatic heterocycles. The number of carbonyl (C=O) groups is 2. The molecule has 0 aromatic carbocycles. The average Bonchev–Trinajstić information content (AvgIpc) is 3.07. The van der Waals surface area contributed by atoms with E-state index >= 15 is 0 Å². The lowest BCUT2D eigenvalue weighted by molar-refractivity contribution is -0.158. The Kier molecular flexibility index (Phi) is 4.57. The molecule has 2 amide bonds. The topological polar surface area (TPSA) is 83.9 Å². The van der Waals surface area contributed by atoms with Gasteiger partial charge in [0.15, 0.2) is 11.3 Å². The molecular formula is C19H23FN4O3. The molecule has 1 saturated heterocycles. The van der Waals surface area contributed by atoms with Gasteiger partial charge >= 0.3 is 0 Å². The van der Waals surface area contributed by atoms with E-state index in [1.807, 2.05) is 6.07 Å². The molecule has 0 bridgehead atoms. The van der Waals surface area contributed by atoms with Crippen LogP contribution in [0.3, 0.4) is 0 Å². The van der Waals surface area contributed by atoms with E-state index in [-0.39, 0.29) is 12.5 Å².